The first-order chi connectivity index (χ1) is 11.5. The van der Waals surface area contributed by atoms with Crippen molar-refractivity contribution in [2.45, 2.75) is 45.0 Å². The van der Waals surface area contributed by atoms with E-state index in [1.165, 1.54) is 12.1 Å². The van der Waals surface area contributed by atoms with E-state index in [1.807, 2.05) is 6.92 Å². The number of hydrogen-bond donors (Lipinski definition) is 3. The van der Waals surface area contributed by atoms with E-state index >= 15 is 0 Å². The second kappa shape index (κ2) is 8.35. The third kappa shape index (κ3) is 3.99. The molecule has 130 valence electrons. The monoisotopic (exact) mass is 334 g/mol. The predicted octanol–water partition coefficient (Wildman–Crippen LogP) is 3.73. The summed E-state index contributed by atoms with van der Waals surface area (Å²) in [5, 5.41) is 29.7. The van der Waals surface area contributed by atoms with Crippen LogP contribution in [0.15, 0.2) is 42.5 Å². The van der Waals surface area contributed by atoms with Gasteiger partial charge in [-0.05, 0) is 40.8 Å². The molecule has 1 atom stereocenters. The molecule has 5 heteroatoms. The van der Waals surface area contributed by atoms with Crippen LogP contribution in [0, 0.1) is 5.82 Å². The van der Waals surface area contributed by atoms with Crippen LogP contribution in [0.4, 0.5) is 4.39 Å². The fraction of sp³-hybridized carbons (Fsp3) is 0.368. The summed E-state index contributed by atoms with van der Waals surface area (Å²) in [6, 6.07) is 10.9. The van der Waals surface area contributed by atoms with Crippen LogP contribution in [-0.4, -0.2) is 15.5 Å². The smallest absolute Gasteiger partial charge is 0.123 e. The standard InChI is InChI=1S/C19H23FO4/c1-2-3-10-19(22,16-5-7-17(20)8-6-16)18-9-4-14(13-24-23)11-15(18)12-21/h4-9,11,21-23H,2-3,10,12-13H2,1H3. The van der Waals surface area contributed by atoms with Gasteiger partial charge in [-0.1, -0.05) is 50.1 Å². The minimum Gasteiger partial charge on any atom is -0.392 e. The summed E-state index contributed by atoms with van der Waals surface area (Å²) >= 11 is 0. The molecular weight excluding hydrogens is 311 g/mol. The molecule has 0 saturated carbocycles. The summed E-state index contributed by atoms with van der Waals surface area (Å²) in [7, 11) is 0. The van der Waals surface area contributed by atoms with Crippen LogP contribution in [-0.2, 0) is 23.7 Å². The topological polar surface area (TPSA) is 69.9 Å². The van der Waals surface area contributed by atoms with Gasteiger partial charge in [-0.15, -0.1) is 0 Å². The number of aliphatic hydroxyl groups is 2. The number of benzene rings is 2. The minimum atomic E-state index is -1.32. The summed E-state index contributed by atoms with van der Waals surface area (Å²) in [4.78, 5) is 4.13. The van der Waals surface area contributed by atoms with Crippen molar-refractivity contribution < 1.29 is 24.7 Å². The quantitative estimate of drug-likeness (QED) is 0.508. The van der Waals surface area contributed by atoms with Crippen LogP contribution < -0.4 is 0 Å². The Morgan fingerprint density at radius 2 is 1.83 bits per heavy atom. The van der Waals surface area contributed by atoms with Crippen LogP contribution in [0.5, 0.6) is 0 Å². The van der Waals surface area contributed by atoms with Crippen molar-refractivity contribution in [2.24, 2.45) is 0 Å². The van der Waals surface area contributed by atoms with Gasteiger partial charge in [-0.2, -0.15) is 0 Å². The largest absolute Gasteiger partial charge is 0.392 e. The molecule has 0 aromatic heterocycles. The second-order valence-electron chi connectivity index (χ2n) is 5.89. The maximum absolute atomic E-state index is 13.3. The van der Waals surface area contributed by atoms with Gasteiger partial charge >= 0.3 is 0 Å². The van der Waals surface area contributed by atoms with E-state index in [-0.39, 0.29) is 19.0 Å². The summed E-state index contributed by atoms with van der Waals surface area (Å²) in [5.74, 6) is -0.366. The molecule has 4 nitrogen and oxygen atoms in total. The van der Waals surface area contributed by atoms with Crippen molar-refractivity contribution in [3.8, 4) is 0 Å². The molecule has 1 unspecified atom stereocenters. The average Bonchev–Trinajstić information content (AvgIpc) is 2.60. The number of halogens is 1. The normalized spacial score (nSPS) is 13.7. The van der Waals surface area contributed by atoms with Gasteiger partial charge in [0.1, 0.15) is 18.0 Å². The molecule has 2 rings (SSSR count). The Balaban J connectivity index is 2.52. The first kappa shape index (κ1) is 18.5. The molecule has 2 aromatic carbocycles. The Morgan fingerprint density at radius 1 is 1.12 bits per heavy atom. The Hall–Kier alpha value is -1.79. The zero-order valence-corrected chi connectivity index (χ0v) is 13.7. The van der Waals surface area contributed by atoms with E-state index in [9.17, 15) is 14.6 Å². The van der Waals surface area contributed by atoms with Crippen molar-refractivity contribution in [1.82, 2.24) is 0 Å². The first-order valence-corrected chi connectivity index (χ1v) is 8.03. The predicted molar refractivity (Wildman–Crippen MR) is 88.7 cm³/mol. The number of hydrogen-bond acceptors (Lipinski definition) is 4. The van der Waals surface area contributed by atoms with Crippen molar-refractivity contribution in [2.75, 3.05) is 0 Å². The summed E-state index contributed by atoms with van der Waals surface area (Å²) in [6.07, 6.45) is 2.13. The molecule has 0 spiro atoms. The van der Waals surface area contributed by atoms with Crippen molar-refractivity contribution >= 4 is 0 Å². The zero-order valence-electron chi connectivity index (χ0n) is 13.7. The Bertz CT molecular complexity index is 657. The fourth-order valence-corrected chi connectivity index (χ4v) is 2.94. The highest BCUT2D eigenvalue weighted by atomic mass is 19.1. The van der Waals surface area contributed by atoms with Crippen molar-refractivity contribution in [3.05, 3.63) is 70.5 Å². The van der Waals surface area contributed by atoms with Crippen LogP contribution >= 0.6 is 0 Å². The fourth-order valence-electron chi connectivity index (χ4n) is 2.94. The Labute approximate surface area is 141 Å². The molecule has 0 aliphatic rings. The maximum Gasteiger partial charge on any atom is 0.123 e. The van der Waals surface area contributed by atoms with Crippen LogP contribution in [0.3, 0.4) is 0 Å². The number of rotatable bonds is 8. The highest BCUT2D eigenvalue weighted by molar-refractivity contribution is 5.42. The van der Waals surface area contributed by atoms with Gasteiger partial charge in [0, 0.05) is 0 Å². The van der Waals surface area contributed by atoms with Gasteiger partial charge in [0.05, 0.1) is 6.61 Å². The molecule has 0 radical (unpaired) electrons. The molecular formula is C19H23FO4. The van der Waals surface area contributed by atoms with E-state index < -0.39 is 5.60 Å². The van der Waals surface area contributed by atoms with Crippen LogP contribution in [0.25, 0.3) is 0 Å². The van der Waals surface area contributed by atoms with E-state index in [1.54, 1.807) is 30.3 Å². The van der Waals surface area contributed by atoms with E-state index in [4.69, 9.17) is 5.26 Å². The molecule has 24 heavy (non-hydrogen) atoms. The lowest BCUT2D eigenvalue weighted by Gasteiger charge is -2.31. The van der Waals surface area contributed by atoms with Crippen molar-refractivity contribution in [3.63, 3.8) is 0 Å². The number of aliphatic hydroxyl groups excluding tert-OH is 1. The maximum atomic E-state index is 13.3. The van der Waals surface area contributed by atoms with E-state index in [0.29, 0.717) is 28.7 Å². The molecule has 3 N–H and O–H groups in total. The Morgan fingerprint density at radius 3 is 2.42 bits per heavy atom. The average molecular weight is 334 g/mol. The molecule has 0 aliphatic heterocycles. The van der Waals surface area contributed by atoms with Gasteiger partial charge in [0.2, 0.25) is 0 Å². The molecule has 0 bridgehead atoms. The molecule has 0 saturated heterocycles. The lowest BCUT2D eigenvalue weighted by molar-refractivity contribution is -0.253. The van der Waals surface area contributed by atoms with Gasteiger partial charge in [0.25, 0.3) is 0 Å². The molecule has 0 fully saturated rings. The van der Waals surface area contributed by atoms with Gasteiger partial charge in [-0.3, -0.25) is 5.26 Å². The first-order valence-electron chi connectivity index (χ1n) is 8.03. The molecule has 0 amide bonds. The third-order valence-corrected chi connectivity index (χ3v) is 4.23. The van der Waals surface area contributed by atoms with Gasteiger partial charge in [0.15, 0.2) is 0 Å². The van der Waals surface area contributed by atoms with Crippen LogP contribution in [0.1, 0.15) is 48.4 Å². The number of unbranched alkanes of at least 4 members (excludes halogenated alkanes) is 1. The SMILES string of the molecule is CCCCC(O)(c1ccc(F)cc1)c1ccc(COO)cc1CO. The second-order valence-corrected chi connectivity index (χ2v) is 5.89. The van der Waals surface area contributed by atoms with E-state index in [0.717, 1.165) is 12.8 Å². The lowest BCUT2D eigenvalue weighted by atomic mass is 9.79. The van der Waals surface area contributed by atoms with Gasteiger partial charge < -0.3 is 10.2 Å². The highest BCUT2D eigenvalue weighted by Crippen LogP contribution is 2.37. The minimum absolute atomic E-state index is 0.00276. The van der Waals surface area contributed by atoms with Crippen LogP contribution in [0.2, 0.25) is 0 Å². The Kier molecular flexibility index (Phi) is 6.45. The molecule has 0 heterocycles. The van der Waals surface area contributed by atoms with Gasteiger partial charge in [-0.25, -0.2) is 9.28 Å². The zero-order chi connectivity index (χ0) is 17.6. The third-order valence-electron chi connectivity index (χ3n) is 4.23. The van der Waals surface area contributed by atoms with Crippen molar-refractivity contribution in [1.29, 1.82) is 0 Å². The summed E-state index contributed by atoms with van der Waals surface area (Å²) < 4.78 is 13.3. The molecule has 2 aromatic rings. The lowest BCUT2D eigenvalue weighted by Crippen LogP contribution is -2.29. The highest BCUT2D eigenvalue weighted by Gasteiger charge is 2.33. The summed E-state index contributed by atoms with van der Waals surface area (Å²) in [5.41, 5.74) is 1.07. The van der Waals surface area contributed by atoms with E-state index in [2.05, 4.69) is 4.89 Å². The molecule has 0 aliphatic carbocycles. The summed E-state index contributed by atoms with van der Waals surface area (Å²) in [6.45, 7) is 1.77.